The standard InChI is InChI=1S/C12H17BrN2/c1-15(2)8-9-5-10-3-4-11(13)6-12(10)14-7-9/h3-4,6,9,14H,5,7-8H2,1-2H3. The molecule has 0 saturated carbocycles. The van der Waals surface area contributed by atoms with Crippen LogP contribution < -0.4 is 5.32 Å². The highest BCUT2D eigenvalue weighted by molar-refractivity contribution is 9.10. The molecule has 0 amide bonds. The van der Waals surface area contributed by atoms with Crippen LogP contribution >= 0.6 is 15.9 Å². The van der Waals surface area contributed by atoms with Gasteiger partial charge in [0.2, 0.25) is 0 Å². The Morgan fingerprint density at radius 2 is 2.27 bits per heavy atom. The molecule has 1 atom stereocenters. The molecule has 1 aliphatic heterocycles. The van der Waals surface area contributed by atoms with Crippen LogP contribution in [-0.4, -0.2) is 32.1 Å². The monoisotopic (exact) mass is 268 g/mol. The highest BCUT2D eigenvalue weighted by atomic mass is 79.9. The second-order valence-corrected chi connectivity index (χ2v) is 5.43. The van der Waals surface area contributed by atoms with Crippen LogP contribution in [0.1, 0.15) is 5.56 Å². The summed E-state index contributed by atoms with van der Waals surface area (Å²) in [5.41, 5.74) is 2.73. The van der Waals surface area contributed by atoms with Gasteiger partial charge in [0.05, 0.1) is 0 Å². The lowest BCUT2D eigenvalue weighted by Crippen LogP contribution is -2.31. The van der Waals surface area contributed by atoms with Gasteiger partial charge in [-0.1, -0.05) is 22.0 Å². The Morgan fingerprint density at radius 1 is 1.47 bits per heavy atom. The fourth-order valence-corrected chi connectivity index (χ4v) is 2.54. The lowest BCUT2D eigenvalue weighted by atomic mass is 9.94. The van der Waals surface area contributed by atoms with Gasteiger partial charge in [-0.25, -0.2) is 0 Å². The number of benzene rings is 1. The highest BCUT2D eigenvalue weighted by Crippen LogP contribution is 2.27. The molecule has 82 valence electrons. The van der Waals surface area contributed by atoms with E-state index in [1.54, 1.807) is 0 Å². The lowest BCUT2D eigenvalue weighted by Gasteiger charge is -2.28. The van der Waals surface area contributed by atoms with Gasteiger partial charge >= 0.3 is 0 Å². The van der Waals surface area contributed by atoms with Crippen molar-refractivity contribution in [2.24, 2.45) is 5.92 Å². The predicted molar refractivity (Wildman–Crippen MR) is 68.4 cm³/mol. The van der Waals surface area contributed by atoms with Crippen molar-refractivity contribution in [3.63, 3.8) is 0 Å². The summed E-state index contributed by atoms with van der Waals surface area (Å²) in [5.74, 6) is 0.730. The first kappa shape index (κ1) is 11.0. The van der Waals surface area contributed by atoms with Crippen LogP contribution in [-0.2, 0) is 6.42 Å². The molecule has 1 aliphatic rings. The molecule has 2 nitrogen and oxygen atoms in total. The zero-order chi connectivity index (χ0) is 10.8. The number of hydrogen-bond donors (Lipinski definition) is 1. The first-order valence-corrected chi connectivity index (χ1v) is 6.11. The molecule has 0 saturated heterocycles. The van der Waals surface area contributed by atoms with Crippen LogP contribution in [0.25, 0.3) is 0 Å². The van der Waals surface area contributed by atoms with E-state index in [4.69, 9.17) is 0 Å². The van der Waals surface area contributed by atoms with Crippen LogP contribution in [0.2, 0.25) is 0 Å². The molecule has 3 heteroatoms. The van der Waals surface area contributed by atoms with Crippen LogP contribution in [0.4, 0.5) is 5.69 Å². The van der Waals surface area contributed by atoms with Crippen molar-refractivity contribution in [3.05, 3.63) is 28.2 Å². The molecule has 0 aliphatic carbocycles. The SMILES string of the molecule is CN(C)CC1CNc2cc(Br)ccc2C1. The Balaban J connectivity index is 2.10. The van der Waals surface area contributed by atoms with E-state index in [9.17, 15) is 0 Å². The molecule has 2 rings (SSSR count). The Kier molecular flexibility index (Phi) is 3.32. The van der Waals surface area contributed by atoms with Crippen molar-refractivity contribution < 1.29 is 0 Å². The number of fused-ring (bicyclic) bond motifs is 1. The van der Waals surface area contributed by atoms with Gasteiger partial charge in [-0.15, -0.1) is 0 Å². The number of rotatable bonds is 2. The Bertz CT molecular complexity index is 349. The van der Waals surface area contributed by atoms with Gasteiger partial charge < -0.3 is 10.2 Å². The smallest absolute Gasteiger partial charge is 0.0384 e. The fourth-order valence-electron chi connectivity index (χ4n) is 2.17. The van der Waals surface area contributed by atoms with Gasteiger partial charge in [0, 0.05) is 23.2 Å². The van der Waals surface area contributed by atoms with E-state index in [1.807, 2.05) is 0 Å². The molecule has 0 bridgehead atoms. The zero-order valence-corrected chi connectivity index (χ0v) is 10.8. The second-order valence-electron chi connectivity index (χ2n) is 4.51. The van der Waals surface area contributed by atoms with Gasteiger partial charge in [-0.05, 0) is 44.1 Å². The quantitative estimate of drug-likeness (QED) is 0.887. The average Bonchev–Trinajstić information content (AvgIpc) is 2.17. The lowest BCUT2D eigenvalue weighted by molar-refractivity contribution is 0.328. The molecule has 1 N–H and O–H groups in total. The molecule has 0 radical (unpaired) electrons. The van der Waals surface area contributed by atoms with E-state index in [1.165, 1.54) is 17.7 Å². The molecular weight excluding hydrogens is 252 g/mol. The Hall–Kier alpha value is -0.540. The minimum absolute atomic E-state index is 0.730. The molecule has 15 heavy (non-hydrogen) atoms. The molecule has 0 aromatic heterocycles. The van der Waals surface area contributed by atoms with Crippen molar-refractivity contribution in [1.82, 2.24) is 4.90 Å². The van der Waals surface area contributed by atoms with E-state index in [-0.39, 0.29) is 0 Å². The minimum atomic E-state index is 0.730. The average molecular weight is 269 g/mol. The van der Waals surface area contributed by atoms with Gasteiger partial charge in [-0.2, -0.15) is 0 Å². The molecule has 1 unspecified atom stereocenters. The summed E-state index contributed by atoms with van der Waals surface area (Å²) in [7, 11) is 4.27. The van der Waals surface area contributed by atoms with Gasteiger partial charge in [-0.3, -0.25) is 0 Å². The van der Waals surface area contributed by atoms with Gasteiger partial charge in [0.1, 0.15) is 0 Å². The Morgan fingerprint density at radius 3 is 3.00 bits per heavy atom. The van der Waals surface area contributed by atoms with E-state index in [0.29, 0.717) is 0 Å². The number of hydrogen-bond acceptors (Lipinski definition) is 2. The second kappa shape index (κ2) is 4.54. The summed E-state index contributed by atoms with van der Waals surface area (Å²) in [5, 5.41) is 3.50. The summed E-state index contributed by atoms with van der Waals surface area (Å²) >= 11 is 3.50. The first-order valence-electron chi connectivity index (χ1n) is 5.32. The Labute approximate surface area is 99.8 Å². The third-order valence-electron chi connectivity index (χ3n) is 2.79. The van der Waals surface area contributed by atoms with Crippen LogP contribution in [0.5, 0.6) is 0 Å². The highest BCUT2D eigenvalue weighted by Gasteiger charge is 2.18. The molecule has 1 aromatic rings. The molecule has 0 spiro atoms. The fraction of sp³-hybridized carbons (Fsp3) is 0.500. The van der Waals surface area contributed by atoms with Crippen molar-refractivity contribution in [1.29, 1.82) is 0 Å². The van der Waals surface area contributed by atoms with Gasteiger partial charge in [0.15, 0.2) is 0 Å². The summed E-state index contributed by atoms with van der Waals surface area (Å²) < 4.78 is 1.15. The van der Waals surface area contributed by atoms with Crippen molar-refractivity contribution in [2.75, 3.05) is 32.5 Å². The summed E-state index contributed by atoms with van der Waals surface area (Å²) in [4.78, 5) is 2.26. The molecule has 1 aromatic carbocycles. The predicted octanol–water partition coefficient (Wildman–Crippen LogP) is 2.59. The third kappa shape index (κ3) is 2.73. The van der Waals surface area contributed by atoms with Crippen molar-refractivity contribution >= 4 is 21.6 Å². The minimum Gasteiger partial charge on any atom is -0.384 e. The van der Waals surface area contributed by atoms with Crippen LogP contribution in [0, 0.1) is 5.92 Å². The zero-order valence-electron chi connectivity index (χ0n) is 9.26. The number of halogens is 1. The van der Waals surface area contributed by atoms with E-state index in [0.717, 1.165) is 23.5 Å². The summed E-state index contributed by atoms with van der Waals surface area (Å²) in [6, 6.07) is 6.51. The van der Waals surface area contributed by atoms with Gasteiger partial charge in [0.25, 0.3) is 0 Å². The van der Waals surface area contributed by atoms with E-state index >= 15 is 0 Å². The molecule has 1 heterocycles. The normalized spacial score (nSPS) is 19.9. The topological polar surface area (TPSA) is 15.3 Å². The van der Waals surface area contributed by atoms with E-state index < -0.39 is 0 Å². The maximum Gasteiger partial charge on any atom is 0.0384 e. The molecule has 0 fully saturated rings. The van der Waals surface area contributed by atoms with E-state index in [2.05, 4.69) is 58.4 Å². The number of nitrogens with one attached hydrogen (secondary N) is 1. The van der Waals surface area contributed by atoms with Crippen LogP contribution in [0.15, 0.2) is 22.7 Å². The third-order valence-corrected chi connectivity index (χ3v) is 3.28. The maximum absolute atomic E-state index is 3.50. The van der Waals surface area contributed by atoms with Crippen molar-refractivity contribution in [2.45, 2.75) is 6.42 Å². The first-order chi connectivity index (χ1) is 7.15. The van der Waals surface area contributed by atoms with Crippen LogP contribution in [0.3, 0.4) is 0 Å². The number of anilines is 1. The maximum atomic E-state index is 3.50. The van der Waals surface area contributed by atoms with Crippen molar-refractivity contribution in [3.8, 4) is 0 Å². The summed E-state index contributed by atoms with van der Waals surface area (Å²) in [6.45, 7) is 2.24. The largest absolute Gasteiger partial charge is 0.384 e. The number of nitrogens with zero attached hydrogens (tertiary/aromatic N) is 1. The molecular formula is C12H17BrN2. The summed E-state index contributed by atoms with van der Waals surface area (Å²) in [6.07, 6.45) is 1.19.